The van der Waals surface area contributed by atoms with Gasteiger partial charge in [-0.05, 0) is 50.5 Å². The van der Waals surface area contributed by atoms with Gasteiger partial charge in [0.1, 0.15) is 6.10 Å². The summed E-state index contributed by atoms with van der Waals surface area (Å²) >= 11 is 0. The second kappa shape index (κ2) is 7.04. The van der Waals surface area contributed by atoms with E-state index in [9.17, 15) is 9.90 Å². The van der Waals surface area contributed by atoms with Gasteiger partial charge in [0.05, 0.1) is 12.0 Å². The van der Waals surface area contributed by atoms with E-state index < -0.39 is 11.7 Å². The van der Waals surface area contributed by atoms with Crippen LogP contribution in [0, 0.1) is 24.2 Å². The lowest BCUT2D eigenvalue weighted by molar-refractivity contribution is -0.149. The van der Waals surface area contributed by atoms with Crippen molar-refractivity contribution in [2.75, 3.05) is 0 Å². The molecule has 2 radical (unpaired) electrons. The van der Waals surface area contributed by atoms with Gasteiger partial charge in [-0.25, -0.2) is 0 Å². The van der Waals surface area contributed by atoms with Crippen LogP contribution in [0.4, 0.5) is 0 Å². The number of carbonyl (C=O) groups excluding carboxylic acids is 1. The first kappa shape index (κ1) is 18.0. The van der Waals surface area contributed by atoms with Crippen LogP contribution in [0.25, 0.3) is 0 Å². The number of hydrogen-bond donors (Lipinski definition) is 1. The maximum atomic E-state index is 11.9. The first-order chi connectivity index (χ1) is 10.8. The van der Waals surface area contributed by atoms with Crippen molar-refractivity contribution in [1.82, 2.24) is 0 Å². The first-order valence-electron chi connectivity index (χ1n) is 8.43. The van der Waals surface area contributed by atoms with E-state index in [1.807, 2.05) is 20.8 Å². The summed E-state index contributed by atoms with van der Waals surface area (Å²) in [7, 11) is 0. The van der Waals surface area contributed by atoms with Crippen molar-refractivity contribution < 1.29 is 14.6 Å². The number of aliphatic hydroxyl groups is 1. The van der Waals surface area contributed by atoms with Gasteiger partial charge in [0.2, 0.25) is 0 Å². The molecule has 0 aliphatic heterocycles. The third-order valence-corrected chi connectivity index (χ3v) is 5.26. The minimum Gasteiger partial charge on any atom is -0.457 e. The fourth-order valence-electron chi connectivity index (χ4n) is 3.73. The average Bonchev–Trinajstić information content (AvgIpc) is 2.48. The molecule has 2 rings (SSSR count). The maximum absolute atomic E-state index is 11.9. The summed E-state index contributed by atoms with van der Waals surface area (Å²) in [6, 6.07) is 0. The molecule has 2 aliphatic rings. The number of rotatable bonds is 5. The highest BCUT2D eigenvalue weighted by Crippen LogP contribution is 2.50. The summed E-state index contributed by atoms with van der Waals surface area (Å²) in [5.74, 6) is 0.0156. The molecule has 0 aromatic carbocycles. The number of allylic oxidation sites excluding steroid dienone is 2. The van der Waals surface area contributed by atoms with Crippen LogP contribution in [-0.2, 0) is 9.53 Å². The second-order valence-corrected chi connectivity index (χ2v) is 7.03. The summed E-state index contributed by atoms with van der Waals surface area (Å²) in [6.45, 7) is 13.7. The van der Waals surface area contributed by atoms with Gasteiger partial charge in [0.25, 0.3) is 0 Å². The molecular formula is C20H28O3. The van der Waals surface area contributed by atoms with E-state index in [0.29, 0.717) is 12.8 Å². The van der Waals surface area contributed by atoms with Crippen molar-refractivity contribution in [3.8, 4) is 0 Å². The number of fused-ring (bicyclic) bond motifs is 1. The summed E-state index contributed by atoms with van der Waals surface area (Å²) < 4.78 is 5.52. The van der Waals surface area contributed by atoms with Crippen LogP contribution >= 0.6 is 0 Å². The highest BCUT2D eigenvalue weighted by atomic mass is 16.5. The molecule has 0 bridgehead atoms. The molecule has 0 heterocycles. The molecule has 5 atom stereocenters. The Morgan fingerprint density at radius 3 is 2.87 bits per heavy atom. The van der Waals surface area contributed by atoms with Crippen LogP contribution in [0.5, 0.6) is 0 Å². The molecule has 23 heavy (non-hydrogen) atoms. The van der Waals surface area contributed by atoms with Crippen LogP contribution in [0.2, 0.25) is 0 Å². The Bertz CT molecular complexity index is 519. The molecule has 0 aromatic heterocycles. The summed E-state index contributed by atoms with van der Waals surface area (Å²) in [4.78, 5) is 11.9. The molecule has 1 fully saturated rings. The highest BCUT2D eigenvalue weighted by molar-refractivity contribution is 5.70. The standard InChI is InChI=1S/C20H28O3/c1-6-7-8-19(21)23-18-12-20(22)15(5)9-10-16(13(2)3)17(20)11-14(18)4/h6,11,15-18,22H,1-2,7-10H2,3-5H3/t15-,16-,17+,18-,20-/m1/s1. The Balaban J connectivity index is 2.21. The molecule has 3 nitrogen and oxygen atoms in total. The van der Waals surface area contributed by atoms with Gasteiger partial charge in [0, 0.05) is 12.3 Å². The Kier molecular flexibility index (Phi) is 5.51. The van der Waals surface area contributed by atoms with Gasteiger partial charge < -0.3 is 9.84 Å². The van der Waals surface area contributed by atoms with E-state index in [-0.39, 0.29) is 23.7 Å². The summed E-state index contributed by atoms with van der Waals surface area (Å²) in [6.07, 6.45) is 9.24. The number of esters is 1. The zero-order valence-electron chi connectivity index (χ0n) is 14.5. The van der Waals surface area contributed by atoms with Crippen LogP contribution in [0.3, 0.4) is 0 Å². The predicted molar refractivity (Wildman–Crippen MR) is 91.5 cm³/mol. The third kappa shape index (κ3) is 3.60. The molecule has 2 aliphatic carbocycles. The minimum atomic E-state index is -1.06. The monoisotopic (exact) mass is 316 g/mol. The summed E-state index contributed by atoms with van der Waals surface area (Å²) in [5.41, 5.74) is 0.963. The van der Waals surface area contributed by atoms with Crippen LogP contribution in [0.15, 0.2) is 36.5 Å². The number of ether oxygens (including phenoxy) is 1. The lowest BCUT2D eigenvalue weighted by atomic mass is 9.58. The van der Waals surface area contributed by atoms with Gasteiger partial charge in [-0.15, -0.1) is 6.58 Å². The van der Waals surface area contributed by atoms with Crippen LogP contribution in [-0.4, -0.2) is 22.8 Å². The average molecular weight is 316 g/mol. The van der Waals surface area contributed by atoms with E-state index in [4.69, 9.17) is 4.74 Å². The smallest absolute Gasteiger partial charge is 0.306 e. The Labute approximate surface area is 140 Å². The largest absolute Gasteiger partial charge is 0.457 e. The van der Waals surface area contributed by atoms with Crippen molar-refractivity contribution in [2.45, 2.75) is 58.2 Å². The van der Waals surface area contributed by atoms with Crippen molar-refractivity contribution in [1.29, 1.82) is 0 Å². The lowest BCUT2D eigenvalue weighted by Crippen LogP contribution is -2.55. The van der Waals surface area contributed by atoms with Crippen molar-refractivity contribution in [3.05, 3.63) is 42.9 Å². The van der Waals surface area contributed by atoms with Crippen LogP contribution < -0.4 is 0 Å². The fraction of sp³-hybridized carbons (Fsp3) is 0.600. The molecule has 1 saturated carbocycles. The molecule has 0 spiro atoms. The van der Waals surface area contributed by atoms with Gasteiger partial charge in [-0.3, -0.25) is 4.79 Å². The predicted octanol–water partition coefficient (Wildman–Crippen LogP) is 3.88. The molecule has 1 N–H and O–H groups in total. The second-order valence-electron chi connectivity index (χ2n) is 7.03. The zero-order valence-corrected chi connectivity index (χ0v) is 14.5. The normalized spacial score (nSPS) is 36.6. The van der Waals surface area contributed by atoms with E-state index in [1.165, 1.54) is 0 Å². The zero-order chi connectivity index (χ0) is 17.2. The van der Waals surface area contributed by atoms with Gasteiger partial charge >= 0.3 is 5.97 Å². The summed E-state index contributed by atoms with van der Waals surface area (Å²) in [5, 5.41) is 11.3. The lowest BCUT2D eigenvalue weighted by Gasteiger charge is -2.51. The van der Waals surface area contributed by atoms with Crippen LogP contribution in [0.1, 0.15) is 46.5 Å². The van der Waals surface area contributed by atoms with Crippen molar-refractivity contribution in [2.24, 2.45) is 17.8 Å². The SMILES string of the molecule is C=CCCC(=O)O[C@@H]1[C][C@@]2(O)[C@H](C)CC[C@H](C(=C)C)[C@@H]2C=C1C. The van der Waals surface area contributed by atoms with Gasteiger partial charge in [0.15, 0.2) is 0 Å². The van der Waals surface area contributed by atoms with E-state index in [0.717, 1.165) is 24.0 Å². The molecular weight excluding hydrogens is 288 g/mol. The number of carbonyl (C=O) groups is 1. The molecule has 0 saturated heterocycles. The van der Waals surface area contributed by atoms with E-state index in [2.05, 4.69) is 25.7 Å². The fourth-order valence-corrected chi connectivity index (χ4v) is 3.73. The van der Waals surface area contributed by atoms with E-state index in [1.54, 1.807) is 6.08 Å². The topological polar surface area (TPSA) is 46.5 Å². The van der Waals surface area contributed by atoms with E-state index >= 15 is 0 Å². The molecule has 0 amide bonds. The maximum Gasteiger partial charge on any atom is 0.306 e. The van der Waals surface area contributed by atoms with Crippen molar-refractivity contribution >= 4 is 5.97 Å². The van der Waals surface area contributed by atoms with Gasteiger partial charge in [-0.2, -0.15) is 0 Å². The Morgan fingerprint density at radius 1 is 1.57 bits per heavy atom. The Morgan fingerprint density at radius 2 is 2.26 bits per heavy atom. The minimum absolute atomic E-state index is 0.0353. The van der Waals surface area contributed by atoms with Crippen molar-refractivity contribution in [3.63, 3.8) is 0 Å². The molecule has 0 unspecified atom stereocenters. The molecule has 126 valence electrons. The molecule has 0 aromatic rings. The Hall–Kier alpha value is -1.35. The highest BCUT2D eigenvalue weighted by Gasteiger charge is 2.52. The third-order valence-electron chi connectivity index (χ3n) is 5.26. The molecule has 3 heteroatoms. The first-order valence-corrected chi connectivity index (χ1v) is 8.43. The van der Waals surface area contributed by atoms with Gasteiger partial charge in [-0.1, -0.05) is 31.2 Å². The quantitative estimate of drug-likeness (QED) is 0.618. The number of hydrogen-bond acceptors (Lipinski definition) is 3.